The Morgan fingerprint density at radius 2 is 2.00 bits per heavy atom. The third kappa shape index (κ3) is 4.04. The maximum absolute atomic E-state index is 12.4. The second-order valence-electron chi connectivity index (χ2n) is 4.47. The van der Waals surface area contributed by atoms with Gasteiger partial charge in [0.25, 0.3) is 0 Å². The normalized spacial score (nSPS) is 13.0. The highest BCUT2D eigenvalue weighted by atomic mass is 19.4. The quantitative estimate of drug-likeness (QED) is 0.941. The van der Waals surface area contributed by atoms with Crippen molar-refractivity contribution in [1.82, 2.24) is 20.1 Å². The van der Waals surface area contributed by atoms with Crippen molar-refractivity contribution in [2.75, 3.05) is 0 Å². The number of pyridine rings is 1. The number of nitrogens with one attached hydrogen (secondary N) is 1. The van der Waals surface area contributed by atoms with Crippen molar-refractivity contribution in [2.45, 2.75) is 25.7 Å². The minimum Gasteiger partial charge on any atom is -0.348 e. The Morgan fingerprint density at radius 3 is 2.57 bits per heavy atom. The minimum absolute atomic E-state index is 0.266. The van der Waals surface area contributed by atoms with Gasteiger partial charge in [0.2, 0.25) is 5.91 Å². The fourth-order valence-electron chi connectivity index (χ4n) is 1.77. The zero-order valence-electron chi connectivity index (χ0n) is 11.1. The molecule has 0 aliphatic heterocycles. The van der Waals surface area contributed by atoms with Crippen molar-refractivity contribution in [3.8, 4) is 0 Å². The van der Waals surface area contributed by atoms with Crippen molar-refractivity contribution in [1.29, 1.82) is 0 Å². The predicted octanol–water partition coefficient (Wildman–Crippen LogP) is 2.17. The maximum atomic E-state index is 12.4. The molecule has 0 saturated heterocycles. The summed E-state index contributed by atoms with van der Waals surface area (Å²) in [6.45, 7) is 1.50. The molecule has 0 aliphatic rings. The number of carbonyl (C=O) groups excluding carboxylic acids is 1. The Balaban J connectivity index is 1.94. The minimum atomic E-state index is -4.51. The van der Waals surface area contributed by atoms with Crippen LogP contribution in [-0.4, -0.2) is 20.7 Å². The van der Waals surface area contributed by atoms with Gasteiger partial charge in [-0.15, -0.1) is 0 Å². The molecule has 0 unspecified atom stereocenters. The lowest BCUT2D eigenvalue weighted by atomic mass is 10.1. The summed E-state index contributed by atoms with van der Waals surface area (Å²) in [4.78, 5) is 15.7. The van der Waals surface area contributed by atoms with Crippen LogP contribution in [0, 0.1) is 0 Å². The number of amides is 1. The van der Waals surface area contributed by atoms with Crippen LogP contribution in [0.1, 0.15) is 24.2 Å². The Kier molecular flexibility index (Phi) is 4.25. The van der Waals surface area contributed by atoms with Crippen LogP contribution in [0.4, 0.5) is 13.2 Å². The van der Waals surface area contributed by atoms with Crippen LogP contribution in [0.25, 0.3) is 0 Å². The van der Waals surface area contributed by atoms with Gasteiger partial charge in [0.15, 0.2) is 5.69 Å². The molecule has 2 heterocycles. The molecular weight excluding hydrogens is 285 g/mol. The number of hydrogen-bond acceptors (Lipinski definition) is 3. The van der Waals surface area contributed by atoms with Crippen molar-refractivity contribution < 1.29 is 18.0 Å². The third-order valence-electron chi connectivity index (χ3n) is 2.82. The molecule has 112 valence electrons. The zero-order valence-corrected chi connectivity index (χ0v) is 11.1. The molecule has 0 bridgehead atoms. The van der Waals surface area contributed by atoms with Gasteiger partial charge in [-0.05, 0) is 30.7 Å². The molecule has 2 aromatic rings. The van der Waals surface area contributed by atoms with Crippen LogP contribution in [-0.2, 0) is 17.5 Å². The lowest BCUT2D eigenvalue weighted by Crippen LogP contribution is -2.30. The number of nitrogens with zero attached hydrogens (tertiary/aromatic N) is 3. The van der Waals surface area contributed by atoms with E-state index in [1.165, 1.54) is 0 Å². The molecule has 21 heavy (non-hydrogen) atoms. The highest BCUT2D eigenvalue weighted by Crippen LogP contribution is 2.27. The van der Waals surface area contributed by atoms with Crippen molar-refractivity contribution >= 4 is 5.91 Å². The first-order valence-corrected chi connectivity index (χ1v) is 6.16. The first-order chi connectivity index (χ1) is 9.86. The maximum Gasteiger partial charge on any atom is 0.435 e. The van der Waals surface area contributed by atoms with E-state index in [1.54, 1.807) is 31.5 Å². The number of alkyl halides is 3. The summed E-state index contributed by atoms with van der Waals surface area (Å²) in [5.74, 6) is -0.420. The fourth-order valence-corrected chi connectivity index (χ4v) is 1.77. The van der Waals surface area contributed by atoms with Crippen LogP contribution in [0.15, 0.2) is 36.8 Å². The van der Waals surface area contributed by atoms with E-state index in [2.05, 4.69) is 15.4 Å². The predicted molar refractivity (Wildman–Crippen MR) is 68.0 cm³/mol. The second kappa shape index (κ2) is 5.94. The summed E-state index contributed by atoms with van der Waals surface area (Å²) in [6, 6.07) is 4.07. The molecule has 1 N–H and O–H groups in total. The van der Waals surface area contributed by atoms with Crippen molar-refractivity contribution in [3.05, 3.63) is 48.0 Å². The summed E-state index contributed by atoms with van der Waals surface area (Å²) < 4.78 is 38.1. The van der Waals surface area contributed by atoms with Crippen LogP contribution < -0.4 is 5.32 Å². The topological polar surface area (TPSA) is 59.8 Å². The van der Waals surface area contributed by atoms with E-state index in [0.717, 1.165) is 22.5 Å². The van der Waals surface area contributed by atoms with E-state index in [9.17, 15) is 18.0 Å². The number of carbonyl (C=O) groups is 1. The van der Waals surface area contributed by atoms with Crippen molar-refractivity contribution in [2.24, 2.45) is 0 Å². The van der Waals surface area contributed by atoms with Gasteiger partial charge in [0.05, 0.1) is 6.04 Å². The van der Waals surface area contributed by atoms with Gasteiger partial charge >= 0.3 is 6.18 Å². The van der Waals surface area contributed by atoms with E-state index in [-0.39, 0.29) is 12.6 Å². The van der Waals surface area contributed by atoms with Crippen LogP contribution in [0.3, 0.4) is 0 Å². The number of aromatic nitrogens is 3. The summed E-state index contributed by atoms with van der Waals surface area (Å²) in [5.41, 5.74) is -0.160. The standard InChI is InChI=1S/C13H13F3N4O/c1-9(10-2-5-17-6-3-10)18-12(21)8-20-7-4-11(19-20)13(14,15)16/h2-7,9H,8H2,1H3,(H,18,21)/t9-/m0/s1. The number of hydrogen-bond donors (Lipinski definition) is 1. The Hall–Kier alpha value is -2.38. The van der Waals surface area contributed by atoms with Crippen LogP contribution >= 0.6 is 0 Å². The van der Waals surface area contributed by atoms with Gasteiger partial charge in [-0.2, -0.15) is 18.3 Å². The summed E-state index contributed by atoms with van der Waals surface area (Å²) in [7, 11) is 0. The molecule has 0 saturated carbocycles. The Morgan fingerprint density at radius 1 is 1.33 bits per heavy atom. The second-order valence-corrected chi connectivity index (χ2v) is 4.47. The van der Waals surface area contributed by atoms with E-state index in [0.29, 0.717) is 0 Å². The first kappa shape index (κ1) is 15.0. The molecular formula is C13H13F3N4O. The van der Waals surface area contributed by atoms with Gasteiger partial charge in [-0.25, -0.2) is 0 Å². The molecule has 8 heteroatoms. The average molecular weight is 298 g/mol. The first-order valence-electron chi connectivity index (χ1n) is 6.16. The van der Waals surface area contributed by atoms with Crippen LogP contribution in [0.5, 0.6) is 0 Å². The highest BCUT2D eigenvalue weighted by Gasteiger charge is 2.33. The summed E-state index contributed by atoms with van der Waals surface area (Å²) in [6.07, 6.45) is -0.187. The Labute approximate surface area is 118 Å². The lowest BCUT2D eigenvalue weighted by molar-refractivity contribution is -0.141. The molecule has 0 aliphatic carbocycles. The molecule has 2 rings (SSSR count). The summed E-state index contributed by atoms with van der Waals surface area (Å²) in [5, 5.41) is 6.01. The molecule has 0 fully saturated rings. The van der Waals surface area contributed by atoms with E-state index >= 15 is 0 Å². The third-order valence-corrected chi connectivity index (χ3v) is 2.82. The monoisotopic (exact) mass is 298 g/mol. The molecule has 0 radical (unpaired) electrons. The van der Waals surface area contributed by atoms with Gasteiger partial charge in [-0.3, -0.25) is 14.5 Å². The molecule has 5 nitrogen and oxygen atoms in total. The number of halogens is 3. The van der Waals surface area contributed by atoms with E-state index in [1.807, 2.05) is 0 Å². The fraction of sp³-hybridized carbons (Fsp3) is 0.308. The van der Waals surface area contributed by atoms with Crippen molar-refractivity contribution in [3.63, 3.8) is 0 Å². The average Bonchev–Trinajstić information content (AvgIpc) is 2.88. The van der Waals surface area contributed by atoms with Gasteiger partial charge in [0.1, 0.15) is 6.54 Å². The molecule has 2 aromatic heterocycles. The van der Waals surface area contributed by atoms with E-state index < -0.39 is 17.8 Å². The molecule has 0 spiro atoms. The van der Waals surface area contributed by atoms with Gasteiger partial charge < -0.3 is 5.32 Å². The molecule has 1 atom stereocenters. The van der Waals surface area contributed by atoms with Crippen LogP contribution in [0.2, 0.25) is 0 Å². The lowest BCUT2D eigenvalue weighted by Gasteiger charge is -2.14. The largest absolute Gasteiger partial charge is 0.435 e. The van der Waals surface area contributed by atoms with Gasteiger partial charge in [-0.1, -0.05) is 0 Å². The van der Waals surface area contributed by atoms with E-state index in [4.69, 9.17) is 0 Å². The zero-order chi connectivity index (χ0) is 15.5. The summed E-state index contributed by atoms with van der Waals surface area (Å²) >= 11 is 0. The molecule has 1 amide bonds. The molecule has 0 aromatic carbocycles. The highest BCUT2D eigenvalue weighted by molar-refractivity contribution is 5.76. The smallest absolute Gasteiger partial charge is 0.348 e. The van der Waals surface area contributed by atoms with Gasteiger partial charge in [0, 0.05) is 18.6 Å². The SMILES string of the molecule is C[C@H](NC(=O)Cn1ccc(C(F)(F)F)n1)c1ccncc1. The number of rotatable bonds is 4. The Bertz CT molecular complexity index is 609.